The summed E-state index contributed by atoms with van der Waals surface area (Å²) < 4.78 is 4.84. The van der Waals surface area contributed by atoms with Gasteiger partial charge < -0.3 is 14.5 Å². The van der Waals surface area contributed by atoms with Crippen molar-refractivity contribution < 1.29 is 9.53 Å². The predicted molar refractivity (Wildman–Crippen MR) is 57.1 cm³/mol. The Bertz CT molecular complexity index is 312. The van der Waals surface area contributed by atoms with Gasteiger partial charge in [-0.1, -0.05) is 6.92 Å². The van der Waals surface area contributed by atoms with Crippen molar-refractivity contribution in [3.05, 3.63) is 11.4 Å². The van der Waals surface area contributed by atoms with Crippen molar-refractivity contribution in [2.45, 2.75) is 26.3 Å². The van der Waals surface area contributed by atoms with Crippen LogP contribution in [0.15, 0.2) is 11.4 Å². The van der Waals surface area contributed by atoms with Crippen LogP contribution in [0.2, 0.25) is 0 Å². The fourth-order valence-electron chi connectivity index (χ4n) is 2.60. The van der Waals surface area contributed by atoms with E-state index in [4.69, 9.17) is 4.74 Å². The van der Waals surface area contributed by atoms with E-state index in [1.807, 2.05) is 0 Å². The van der Waals surface area contributed by atoms with E-state index in [1.165, 1.54) is 18.5 Å². The molecule has 0 radical (unpaired) electrons. The van der Waals surface area contributed by atoms with Gasteiger partial charge in [0.25, 0.3) is 0 Å². The van der Waals surface area contributed by atoms with E-state index in [1.54, 1.807) is 0 Å². The van der Waals surface area contributed by atoms with E-state index in [0.717, 1.165) is 26.1 Å². The van der Waals surface area contributed by atoms with Crippen LogP contribution in [0.1, 0.15) is 20.3 Å². The summed E-state index contributed by atoms with van der Waals surface area (Å²) in [7, 11) is 1.46. The Morgan fingerprint density at radius 3 is 2.87 bits per heavy atom. The van der Waals surface area contributed by atoms with Crippen LogP contribution in [0.4, 0.5) is 0 Å². The third kappa shape index (κ3) is 1.48. The summed E-state index contributed by atoms with van der Waals surface area (Å²) in [5, 5.41) is 0. The summed E-state index contributed by atoms with van der Waals surface area (Å²) >= 11 is 0. The Morgan fingerprint density at radius 1 is 1.53 bits per heavy atom. The lowest BCUT2D eigenvalue weighted by Crippen LogP contribution is -2.59. The maximum Gasteiger partial charge on any atom is 0.330 e. The number of esters is 1. The molecule has 3 rings (SSSR count). The molecule has 3 heterocycles. The van der Waals surface area contributed by atoms with E-state index in [0.29, 0.717) is 0 Å². The van der Waals surface area contributed by atoms with Crippen molar-refractivity contribution in [1.82, 2.24) is 9.80 Å². The molecule has 0 spiro atoms. The number of fused-ring (bicyclic) bond motifs is 2. The zero-order valence-electron chi connectivity index (χ0n) is 9.62. The summed E-state index contributed by atoms with van der Waals surface area (Å²) in [6.45, 7) is 7.03. The lowest BCUT2D eigenvalue weighted by atomic mass is 10.0. The van der Waals surface area contributed by atoms with Gasteiger partial charge in [0.05, 0.1) is 7.11 Å². The lowest BCUT2D eigenvalue weighted by Gasteiger charge is -2.49. The molecule has 3 aliphatic rings. The molecule has 1 saturated heterocycles. The number of hydrogen-bond donors (Lipinski definition) is 0. The molecular formula is C11H18N2O2. The molecule has 0 amide bonds. The molecular weight excluding hydrogens is 192 g/mol. The van der Waals surface area contributed by atoms with E-state index in [2.05, 4.69) is 23.6 Å². The monoisotopic (exact) mass is 210 g/mol. The Kier molecular flexibility index (Phi) is 2.59. The van der Waals surface area contributed by atoms with Crippen LogP contribution in [0.3, 0.4) is 0 Å². The first-order chi connectivity index (χ1) is 7.19. The Hall–Kier alpha value is -1.19. The van der Waals surface area contributed by atoms with Gasteiger partial charge in [-0.3, -0.25) is 0 Å². The first-order valence-electron chi connectivity index (χ1n) is 5.48. The normalized spacial score (nSPS) is 24.9. The average molecular weight is 210 g/mol. The number of allylic oxidation sites excluding steroid dienone is 2. The molecule has 2 bridgehead atoms. The smallest absolute Gasteiger partial charge is 0.330 e. The summed E-state index contributed by atoms with van der Waals surface area (Å²) in [6, 6.07) is -0.0950. The zero-order chi connectivity index (χ0) is 11.0. The van der Waals surface area contributed by atoms with Gasteiger partial charge in [0, 0.05) is 31.0 Å². The molecule has 15 heavy (non-hydrogen) atoms. The van der Waals surface area contributed by atoms with Gasteiger partial charge in [-0.05, 0) is 13.3 Å². The van der Waals surface area contributed by atoms with Crippen LogP contribution in [-0.4, -0.2) is 48.6 Å². The third-order valence-electron chi connectivity index (χ3n) is 3.43. The van der Waals surface area contributed by atoms with Gasteiger partial charge in [0.2, 0.25) is 0 Å². The summed E-state index contributed by atoms with van der Waals surface area (Å²) in [5.74, 6) is -0.113. The largest absolute Gasteiger partial charge is 0.467 e. The molecule has 0 saturated carbocycles. The summed E-state index contributed by atoms with van der Waals surface area (Å²) in [5.41, 5.74) is 2.62. The van der Waals surface area contributed by atoms with E-state index >= 15 is 0 Å². The molecule has 0 aromatic rings. The van der Waals surface area contributed by atoms with Crippen LogP contribution < -0.4 is 0 Å². The molecule has 84 valence electrons. The van der Waals surface area contributed by atoms with Crippen molar-refractivity contribution >= 4 is 5.97 Å². The van der Waals surface area contributed by atoms with Gasteiger partial charge in [0.15, 0.2) is 0 Å². The van der Waals surface area contributed by atoms with Crippen molar-refractivity contribution in [2.24, 2.45) is 0 Å². The van der Waals surface area contributed by atoms with Crippen LogP contribution in [0.5, 0.6) is 0 Å². The molecule has 4 heteroatoms. The van der Waals surface area contributed by atoms with Crippen LogP contribution in [0, 0.1) is 0 Å². The molecule has 3 aliphatic heterocycles. The minimum absolute atomic E-state index is 0.0950. The highest BCUT2D eigenvalue weighted by Gasteiger charge is 2.39. The van der Waals surface area contributed by atoms with Crippen molar-refractivity contribution in [2.75, 3.05) is 26.7 Å². The second-order valence-electron chi connectivity index (χ2n) is 4.06. The fourth-order valence-corrected chi connectivity index (χ4v) is 2.60. The van der Waals surface area contributed by atoms with Crippen LogP contribution in [0.25, 0.3) is 0 Å². The van der Waals surface area contributed by atoms with Crippen molar-refractivity contribution in [1.29, 1.82) is 0 Å². The summed E-state index contributed by atoms with van der Waals surface area (Å²) in [4.78, 5) is 16.1. The first kappa shape index (κ1) is 10.3. The number of ether oxygens (including phenoxy) is 1. The second kappa shape index (κ2) is 3.76. The Morgan fingerprint density at radius 2 is 2.27 bits per heavy atom. The van der Waals surface area contributed by atoms with Gasteiger partial charge in [-0.2, -0.15) is 0 Å². The van der Waals surface area contributed by atoms with Gasteiger partial charge in [-0.25, -0.2) is 4.79 Å². The SMILES string of the molecule is CCC1=C(C)N2CCN1C(C(=O)OC)C2. The van der Waals surface area contributed by atoms with Crippen molar-refractivity contribution in [3.8, 4) is 0 Å². The minimum atomic E-state index is -0.113. The Balaban J connectivity index is 2.27. The number of methoxy groups -OCH3 is 1. The first-order valence-corrected chi connectivity index (χ1v) is 5.48. The van der Waals surface area contributed by atoms with Crippen LogP contribution in [-0.2, 0) is 9.53 Å². The number of piperazine rings is 1. The Labute approximate surface area is 90.5 Å². The summed E-state index contributed by atoms with van der Waals surface area (Å²) in [6.07, 6.45) is 0.982. The molecule has 0 N–H and O–H groups in total. The topological polar surface area (TPSA) is 32.8 Å². The quantitative estimate of drug-likeness (QED) is 0.631. The van der Waals surface area contributed by atoms with E-state index < -0.39 is 0 Å². The number of rotatable bonds is 2. The number of carbonyl (C=O) groups excluding carboxylic acids is 1. The molecule has 0 aliphatic carbocycles. The minimum Gasteiger partial charge on any atom is -0.467 e. The molecule has 1 unspecified atom stereocenters. The zero-order valence-corrected chi connectivity index (χ0v) is 9.62. The second-order valence-corrected chi connectivity index (χ2v) is 4.06. The molecule has 1 fully saturated rings. The standard InChI is InChI=1S/C11H18N2O2/c1-4-9-8(2)12-5-6-13(9)10(7-12)11(14)15-3/h10H,4-7H2,1-3H3. The van der Waals surface area contributed by atoms with E-state index in [-0.39, 0.29) is 12.0 Å². The number of hydrogen-bond acceptors (Lipinski definition) is 4. The van der Waals surface area contributed by atoms with Gasteiger partial charge in [-0.15, -0.1) is 0 Å². The highest BCUT2D eigenvalue weighted by atomic mass is 16.5. The highest BCUT2D eigenvalue weighted by molar-refractivity contribution is 5.77. The molecule has 4 nitrogen and oxygen atoms in total. The van der Waals surface area contributed by atoms with Gasteiger partial charge >= 0.3 is 5.97 Å². The molecule has 1 atom stereocenters. The van der Waals surface area contributed by atoms with Crippen LogP contribution >= 0.6 is 0 Å². The number of carbonyl (C=O) groups is 1. The highest BCUT2D eigenvalue weighted by Crippen LogP contribution is 2.30. The molecule has 0 aromatic heterocycles. The fraction of sp³-hybridized carbons (Fsp3) is 0.727. The predicted octanol–water partition coefficient (Wildman–Crippen LogP) is 0.801. The molecule has 0 aromatic carbocycles. The number of nitrogens with zero attached hydrogens (tertiary/aromatic N) is 2. The van der Waals surface area contributed by atoms with E-state index in [9.17, 15) is 4.79 Å². The van der Waals surface area contributed by atoms with Crippen molar-refractivity contribution in [3.63, 3.8) is 0 Å². The maximum absolute atomic E-state index is 11.6. The average Bonchev–Trinajstić information content (AvgIpc) is 2.29. The lowest BCUT2D eigenvalue weighted by molar-refractivity contribution is -0.149. The third-order valence-corrected chi connectivity index (χ3v) is 3.43. The maximum atomic E-state index is 11.6. The van der Waals surface area contributed by atoms with Gasteiger partial charge in [0.1, 0.15) is 6.04 Å².